The highest BCUT2D eigenvalue weighted by atomic mass is 15.2. The third-order valence-electron chi connectivity index (χ3n) is 4.93. The van der Waals surface area contributed by atoms with Crippen LogP contribution in [0.3, 0.4) is 0 Å². The number of fused-ring (bicyclic) bond motifs is 1. The van der Waals surface area contributed by atoms with Crippen LogP contribution >= 0.6 is 0 Å². The van der Waals surface area contributed by atoms with Gasteiger partial charge >= 0.3 is 0 Å². The van der Waals surface area contributed by atoms with Gasteiger partial charge in [-0.2, -0.15) is 0 Å². The Hall–Kier alpha value is -2.53. The fourth-order valence-electron chi connectivity index (χ4n) is 4.00. The predicted molar refractivity (Wildman–Crippen MR) is 106 cm³/mol. The first-order valence-electron chi connectivity index (χ1n) is 9.22. The predicted octanol–water partition coefficient (Wildman–Crippen LogP) is 4.02. The van der Waals surface area contributed by atoms with Gasteiger partial charge in [0.25, 0.3) is 0 Å². The van der Waals surface area contributed by atoms with E-state index >= 15 is 0 Å². The Kier molecular flexibility index (Phi) is 4.32. The number of piperidine rings is 1. The minimum atomic E-state index is 0.138. The van der Waals surface area contributed by atoms with Gasteiger partial charge in [-0.15, -0.1) is 10.2 Å². The summed E-state index contributed by atoms with van der Waals surface area (Å²) in [5.41, 5.74) is 2.96. The van der Waals surface area contributed by atoms with Crippen LogP contribution in [0.4, 0.5) is 5.82 Å². The highest BCUT2D eigenvalue weighted by Crippen LogP contribution is 2.25. The van der Waals surface area contributed by atoms with Gasteiger partial charge in [-0.05, 0) is 57.9 Å². The average Bonchev–Trinajstić information content (AvgIpc) is 2.60. The monoisotopic (exact) mass is 347 g/mol. The summed E-state index contributed by atoms with van der Waals surface area (Å²) in [6.45, 7) is 6.73. The molecule has 2 aromatic heterocycles. The van der Waals surface area contributed by atoms with E-state index in [2.05, 4.69) is 58.7 Å². The molecule has 2 unspecified atom stereocenters. The minimum absolute atomic E-state index is 0.138. The highest BCUT2D eigenvalue weighted by molar-refractivity contribution is 5.82. The fourth-order valence-corrected chi connectivity index (χ4v) is 4.00. The number of pyridine rings is 1. The molecule has 134 valence electrons. The topological polar surface area (TPSA) is 62.7 Å². The summed E-state index contributed by atoms with van der Waals surface area (Å²) < 4.78 is 0. The number of rotatable bonds is 3. The number of para-hydroxylation sites is 1. The minimum Gasteiger partial charge on any atom is -0.366 e. The van der Waals surface area contributed by atoms with Gasteiger partial charge in [-0.3, -0.25) is 4.98 Å². The van der Waals surface area contributed by atoms with Crippen LogP contribution in [0, 0.1) is 0 Å². The van der Waals surface area contributed by atoms with Gasteiger partial charge < -0.3 is 10.6 Å². The smallest absolute Gasteiger partial charge is 0.148 e. The standard InChI is InChI=1S/C21H25N5/c1-14-10-17(12-21(2,3)24-14)23-20-9-8-19(25-26-20)16-11-15-6-4-5-7-18(15)22-13-16/h4-9,11,13-14,17,24H,10,12H2,1-3H3,(H,23,26). The summed E-state index contributed by atoms with van der Waals surface area (Å²) in [6.07, 6.45) is 4.01. The molecule has 26 heavy (non-hydrogen) atoms. The first kappa shape index (κ1) is 16.9. The molecular formula is C21H25N5. The van der Waals surface area contributed by atoms with Crippen LogP contribution in [0.15, 0.2) is 48.7 Å². The Morgan fingerprint density at radius 3 is 2.73 bits per heavy atom. The van der Waals surface area contributed by atoms with Gasteiger partial charge in [-0.25, -0.2) is 0 Å². The number of nitrogens with zero attached hydrogens (tertiary/aromatic N) is 3. The molecule has 5 heteroatoms. The number of hydrogen-bond donors (Lipinski definition) is 2. The molecule has 4 rings (SSSR count). The molecule has 0 aliphatic carbocycles. The lowest BCUT2D eigenvalue weighted by molar-refractivity contribution is 0.238. The van der Waals surface area contributed by atoms with Crippen LogP contribution in [0.25, 0.3) is 22.2 Å². The first-order valence-corrected chi connectivity index (χ1v) is 9.22. The maximum atomic E-state index is 4.51. The summed E-state index contributed by atoms with van der Waals surface area (Å²) in [5.74, 6) is 0.831. The number of anilines is 1. The van der Waals surface area contributed by atoms with Crippen LogP contribution in [-0.2, 0) is 0 Å². The molecule has 0 amide bonds. The Morgan fingerprint density at radius 1 is 1.12 bits per heavy atom. The van der Waals surface area contributed by atoms with Gasteiger partial charge in [0.05, 0.1) is 11.2 Å². The van der Waals surface area contributed by atoms with Crippen LogP contribution in [0.5, 0.6) is 0 Å². The zero-order valence-corrected chi connectivity index (χ0v) is 15.5. The number of hydrogen-bond acceptors (Lipinski definition) is 5. The van der Waals surface area contributed by atoms with Crippen LogP contribution in [0.1, 0.15) is 33.6 Å². The molecule has 0 spiro atoms. The van der Waals surface area contributed by atoms with Crippen LogP contribution < -0.4 is 10.6 Å². The van der Waals surface area contributed by atoms with E-state index in [1.165, 1.54) is 0 Å². The van der Waals surface area contributed by atoms with Gasteiger partial charge in [0, 0.05) is 34.8 Å². The Labute approximate surface area is 154 Å². The second-order valence-corrected chi connectivity index (χ2v) is 7.93. The Bertz CT molecular complexity index is 904. The molecular weight excluding hydrogens is 322 g/mol. The molecule has 2 atom stereocenters. The van der Waals surface area contributed by atoms with Crippen molar-refractivity contribution in [2.24, 2.45) is 0 Å². The summed E-state index contributed by atoms with van der Waals surface area (Å²) >= 11 is 0. The second-order valence-electron chi connectivity index (χ2n) is 7.93. The maximum absolute atomic E-state index is 4.51. The van der Waals surface area contributed by atoms with Crippen LogP contribution in [-0.4, -0.2) is 32.8 Å². The van der Waals surface area contributed by atoms with E-state index in [1.54, 1.807) is 0 Å². The van der Waals surface area contributed by atoms with Gasteiger partial charge in [0.1, 0.15) is 5.82 Å². The van der Waals surface area contributed by atoms with E-state index in [9.17, 15) is 0 Å². The van der Waals surface area contributed by atoms with E-state index in [-0.39, 0.29) is 5.54 Å². The maximum Gasteiger partial charge on any atom is 0.148 e. The van der Waals surface area contributed by atoms with Crippen LogP contribution in [0.2, 0.25) is 0 Å². The van der Waals surface area contributed by atoms with Crippen molar-refractivity contribution in [1.29, 1.82) is 0 Å². The summed E-state index contributed by atoms with van der Waals surface area (Å²) in [4.78, 5) is 4.51. The molecule has 5 nitrogen and oxygen atoms in total. The van der Waals surface area contributed by atoms with Crippen molar-refractivity contribution in [3.8, 4) is 11.3 Å². The Balaban J connectivity index is 1.51. The summed E-state index contributed by atoms with van der Waals surface area (Å²) in [5, 5.41) is 17.1. The lowest BCUT2D eigenvalue weighted by Gasteiger charge is -2.40. The van der Waals surface area contributed by atoms with Gasteiger partial charge in [-0.1, -0.05) is 18.2 Å². The lowest BCUT2D eigenvalue weighted by atomic mass is 9.86. The third-order valence-corrected chi connectivity index (χ3v) is 4.93. The van der Waals surface area contributed by atoms with Crippen molar-refractivity contribution in [2.45, 2.75) is 51.2 Å². The van der Waals surface area contributed by atoms with E-state index in [0.717, 1.165) is 40.8 Å². The molecule has 1 fully saturated rings. The number of benzene rings is 1. The van der Waals surface area contributed by atoms with E-state index in [1.807, 2.05) is 36.5 Å². The Morgan fingerprint density at radius 2 is 1.96 bits per heavy atom. The molecule has 0 saturated carbocycles. The summed E-state index contributed by atoms with van der Waals surface area (Å²) in [6, 6.07) is 15.1. The zero-order chi connectivity index (χ0) is 18.1. The van der Waals surface area contributed by atoms with Crippen molar-refractivity contribution in [2.75, 3.05) is 5.32 Å². The van der Waals surface area contributed by atoms with Crippen molar-refractivity contribution in [3.05, 3.63) is 48.7 Å². The van der Waals surface area contributed by atoms with E-state index in [4.69, 9.17) is 0 Å². The first-order chi connectivity index (χ1) is 12.5. The average molecular weight is 347 g/mol. The normalized spacial score (nSPS) is 22.3. The van der Waals surface area contributed by atoms with E-state index < -0.39 is 0 Å². The molecule has 1 aromatic carbocycles. The van der Waals surface area contributed by atoms with Gasteiger partial charge in [0.15, 0.2) is 0 Å². The fraction of sp³-hybridized carbons (Fsp3) is 0.381. The molecule has 0 radical (unpaired) electrons. The molecule has 3 heterocycles. The third kappa shape index (κ3) is 3.68. The zero-order valence-electron chi connectivity index (χ0n) is 15.5. The van der Waals surface area contributed by atoms with Crippen molar-refractivity contribution < 1.29 is 0 Å². The summed E-state index contributed by atoms with van der Waals surface area (Å²) in [7, 11) is 0. The SMILES string of the molecule is CC1CC(Nc2ccc(-c3cnc4ccccc4c3)nn2)CC(C)(C)N1. The molecule has 1 saturated heterocycles. The highest BCUT2D eigenvalue weighted by Gasteiger charge is 2.31. The number of nitrogens with one attached hydrogen (secondary N) is 2. The molecule has 0 bridgehead atoms. The largest absolute Gasteiger partial charge is 0.366 e. The van der Waals surface area contributed by atoms with E-state index in [0.29, 0.717) is 12.1 Å². The molecule has 2 N–H and O–H groups in total. The lowest BCUT2D eigenvalue weighted by Crippen LogP contribution is -2.54. The molecule has 3 aromatic rings. The van der Waals surface area contributed by atoms with Crippen molar-refractivity contribution in [3.63, 3.8) is 0 Å². The second kappa shape index (κ2) is 6.65. The quantitative estimate of drug-likeness (QED) is 0.749. The van der Waals surface area contributed by atoms with Gasteiger partial charge in [0.2, 0.25) is 0 Å². The van der Waals surface area contributed by atoms with Crippen molar-refractivity contribution in [1.82, 2.24) is 20.5 Å². The number of aromatic nitrogens is 3. The van der Waals surface area contributed by atoms with Crippen molar-refractivity contribution >= 4 is 16.7 Å². The molecule has 1 aliphatic heterocycles. The molecule has 1 aliphatic rings.